The van der Waals surface area contributed by atoms with Crippen LogP contribution < -0.4 is 10.9 Å². The van der Waals surface area contributed by atoms with Gasteiger partial charge in [-0.3, -0.25) is 5.43 Å². The van der Waals surface area contributed by atoms with Crippen LogP contribution in [-0.4, -0.2) is 16.3 Å². The standard InChI is InChI=1S/C12H13BrN4S/c1-2-11-14-15-12-17(16-11)10(7-18-12)8-3-5-9(13)6-4-8/h3-7,11,14,16H,2H2,1H3. The number of hydrazine groups is 1. The van der Waals surface area contributed by atoms with Crippen molar-refractivity contribution in [2.24, 2.45) is 5.10 Å². The Morgan fingerprint density at radius 3 is 2.89 bits per heavy atom. The van der Waals surface area contributed by atoms with Crippen LogP contribution in [0.3, 0.4) is 0 Å². The van der Waals surface area contributed by atoms with Crippen molar-refractivity contribution in [2.75, 3.05) is 0 Å². The second-order valence-electron chi connectivity index (χ2n) is 4.08. The van der Waals surface area contributed by atoms with E-state index in [4.69, 9.17) is 0 Å². The quantitative estimate of drug-likeness (QED) is 0.877. The SMILES string of the molecule is CCC1NN=C2SC=C(c3ccc(Br)cc3)N2N1. The van der Waals surface area contributed by atoms with E-state index in [1.807, 2.05) is 0 Å². The van der Waals surface area contributed by atoms with Crippen LogP contribution in [0.25, 0.3) is 5.70 Å². The number of hydrazone groups is 1. The maximum absolute atomic E-state index is 4.37. The molecule has 4 nitrogen and oxygen atoms in total. The summed E-state index contributed by atoms with van der Waals surface area (Å²) in [6.07, 6.45) is 1.16. The highest BCUT2D eigenvalue weighted by Crippen LogP contribution is 2.33. The molecule has 2 aliphatic rings. The normalized spacial score (nSPS) is 22.1. The Morgan fingerprint density at radius 2 is 2.17 bits per heavy atom. The number of fused-ring (bicyclic) bond motifs is 1. The molecule has 0 radical (unpaired) electrons. The summed E-state index contributed by atoms with van der Waals surface area (Å²) in [6.45, 7) is 2.12. The zero-order chi connectivity index (χ0) is 12.5. The number of nitrogens with one attached hydrogen (secondary N) is 2. The van der Waals surface area contributed by atoms with E-state index in [2.05, 4.69) is 73.5 Å². The molecule has 1 aromatic carbocycles. The Bertz CT molecular complexity index is 511. The largest absolute Gasteiger partial charge is 0.289 e. The van der Waals surface area contributed by atoms with Gasteiger partial charge in [-0.25, -0.2) is 10.4 Å². The Morgan fingerprint density at radius 1 is 1.39 bits per heavy atom. The lowest BCUT2D eigenvalue weighted by molar-refractivity contribution is 0.279. The van der Waals surface area contributed by atoms with E-state index in [9.17, 15) is 0 Å². The summed E-state index contributed by atoms with van der Waals surface area (Å²) in [6, 6.07) is 8.30. The average Bonchev–Trinajstić information content (AvgIpc) is 2.82. The number of nitrogens with zero attached hydrogens (tertiary/aromatic N) is 2. The Labute approximate surface area is 119 Å². The van der Waals surface area contributed by atoms with E-state index in [-0.39, 0.29) is 6.17 Å². The number of amidine groups is 1. The lowest BCUT2D eigenvalue weighted by atomic mass is 10.2. The van der Waals surface area contributed by atoms with Gasteiger partial charge in [0.05, 0.1) is 5.70 Å². The summed E-state index contributed by atoms with van der Waals surface area (Å²) < 4.78 is 1.09. The fourth-order valence-corrected chi connectivity index (χ4v) is 2.92. The summed E-state index contributed by atoms with van der Waals surface area (Å²) >= 11 is 5.08. The number of benzene rings is 1. The highest BCUT2D eigenvalue weighted by atomic mass is 79.9. The van der Waals surface area contributed by atoms with Gasteiger partial charge in [-0.15, -0.1) is 0 Å². The third kappa shape index (κ3) is 2.15. The summed E-state index contributed by atoms with van der Waals surface area (Å²) in [5, 5.41) is 9.48. The van der Waals surface area contributed by atoms with Gasteiger partial charge in [-0.05, 0) is 18.6 Å². The van der Waals surface area contributed by atoms with E-state index in [1.165, 1.54) is 5.56 Å². The minimum absolute atomic E-state index is 0.186. The number of hydrogen-bond donors (Lipinski definition) is 2. The fraction of sp³-hybridized carbons (Fsp3) is 0.250. The molecule has 94 valence electrons. The van der Waals surface area contributed by atoms with Crippen molar-refractivity contribution in [3.05, 3.63) is 39.7 Å². The topological polar surface area (TPSA) is 39.7 Å². The van der Waals surface area contributed by atoms with Crippen LogP contribution in [0.4, 0.5) is 0 Å². The first-order chi connectivity index (χ1) is 8.78. The Balaban J connectivity index is 1.88. The maximum Gasteiger partial charge on any atom is 0.206 e. The first kappa shape index (κ1) is 12.1. The molecule has 0 spiro atoms. The lowest BCUT2D eigenvalue weighted by Gasteiger charge is -2.32. The first-order valence-electron chi connectivity index (χ1n) is 5.80. The van der Waals surface area contributed by atoms with Crippen molar-refractivity contribution in [2.45, 2.75) is 19.5 Å². The number of thioether (sulfide) groups is 1. The third-order valence-corrected chi connectivity index (χ3v) is 4.21. The van der Waals surface area contributed by atoms with Crippen LogP contribution in [-0.2, 0) is 0 Å². The molecule has 0 aliphatic carbocycles. The van der Waals surface area contributed by atoms with Crippen molar-refractivity contribution in [3.63, 3.8) is 0 Å². The molecule has 2 heterocycles. The fourth-order valence-electron chi connectivity index (χ4n) is 1.84. The summed E-state index contributed by atoms with van der Waals surface area (Å²) in [5.41, 5.74) is 8.84. The molecular formula is C12H13BrN4S. The Hall–Kier alpha value is -0.980. The highest BCUT2D eigenvalue weighted by molar-refractivity contribution is 9.10. The molecule has 1 aromatic rings. The predicted molar refractivity (Wildman–Crippen MR) is 79.3 cm³/mol. The second kappa shape index (κ2) is 4.95. The third-order valence-electron chi connectivity index (χ3n) is 2.86. The predicted octanol–water partition coefficient (Wildman–Crippen LogP) is 2.91. The number of halogens is 1. The highest BCUT2D eigenvalue weighted by Gasteiger charge is 2.29. The van der Waals surface area contributed by atoms with Crippen molar-refractivity contribution < 1.29 is 0 Å². The van der Waals surface area contributed by atoms with Gasteiger partial charge in [0.2, 0.25) is 5.17 Å². The molecule has 0 aromatic heterocycles. The number of hydrogen-bond acceptors (Lipinski definition) is 5. The van der Waals surface area contributed by atoms with Gasteiger partial charge >= 0.3 is 0 Å². The van der Waals surface area contributed by atoms with Crippen LogP contribution in [0.1, 0.15) is 18.9 Å². The van der Waals surface area contributed by atoms with E-state index >= 15 is 0 Å². The molecule has 6 heteroatoms. The van der Waals surface area contributed by atoms with Crippen LogP contribution in [0.2, 0.25) is 0 Å². The van der Waals surface area contributed by atoms with Gasteiger partial charge in [-0.2, -0.15) is 5.10 Å². The van der Waals surface area contributed by atoms with Gasteiger partial charge in [0.1, 0.15) is 6.17 Å². The van der Waals surface area contributed by atoms with Crippen LogP contribution in [0, 0.1) is 0 Å². The molecule has 3 rings (SSSR count). The molecular weight excluding hydrogens is 312 g/mol. The van der Waals surface area contributed by atoms with Gasteiger partial charge in [0.25, 0.3) is 0 Å². The summed E-state index contributed by atoms with van der Waals surface area (Å²) in [7, 11) is 0. The monoisotopic (exact) mass is 324 g/mol. The molecule has 2 aliphatic heterocycles. The molecule has 0 saturated carbocycles. The summed E-state index contributed by atoms with van der Waals surface area (Å²) in [4.78, 5) is 0. The van der Waals surface area contributed by atoms with E-state index in [0.29, 0.717) is 0 Å². The van der Waals surface area contributed by atoms with Gasteiger partial charge in [0.15, 0.2) is 0 Å². The van der Waals surface area contributed by atoms with Gasteiger partial charge in [-0.1, -0.05) is 46.7 Å². The van der Waals surface area contributed by atoms with Gasteiger partial charge < -0.3 is 0 Å². The smallest absolute Gasteiger partial charge is 0.206 e. The first-order valence-corrected chi connectivity index (χ1v) is 7.47. The molecule has 1 unspecified atom stereocenters. The molecule has 18 heavy (non-hydrogen) atoms. The van der Waals surface area contributed by atoms with E-state index in [1.54, 1.807) is 11.8 Å². The van der Waals surface area contributed by atoms with E-state index in [0.717, 1.165) is 21.8 Å². The number of rotatable bonds is 2. The second-order valence-corrected chi connectivity index (χ2v) is 5.83. The van der Waals surface area contributed by atoms with Crippen LogP contribution in [0.5, 0.6) is 0 Å². The zero-order valence-corrected chi connectivity index (χ0v) is 12.3. The minimum Gasteiger partial charge on any atom is -0.289 e. The van der Waals surface area contributed by atoms with Crippen molar-refractivity contribution >= 4 is 38.6 Å². The molecule has 0 amide bonds. The molecule has 0 saturated heterocycles. The zero-order valence-electron chi connectivity index (χ0n) is 9.85. The maximum atomic E-state index is 4.37. The van der Waals surface area contributed by atoms with Crippen molar-refractivity contribution in [1.29, 1.82) is 0 Å². The summed E-state index contributed by atoms with van der Waals surface area (Å²) in [5.74, 6) is 0. The lowest BCUT2D eigenvalue weighted by Crippen LogP contribution is -2.54. The van der Waals surface area contributed by atoms with Gasteiger partial charge in [0, 0.05) is 15.4 Å². The van der Waals surface area contributed by atoms with Crippen molar-refractivity contribution in [1.82, 2.24) is 15.9 Å². The Kier molecular flexibility index (Phi) is 3.32. The average molecular weight is 325 g/mol. The molecule has 1 atom stereocenters. The molecule has 2 N–H and O–H groups in total. The van der Waals surface area contributed by atoms with E-state index < -0.39 is 0 Å². The molecule has 0 bridgehead atoms. The minimum atomic E-state index is 0.186. The van der Waals surface area contributed by atoms with Crippen molar-refractivity contribution in [3.8, 4) is 0 Å². The van der Waals surface area contributed by atoms with Crippen LogP contribution in [0.15, 0.2) is 39.2 Å². The van der Waals surface area contributed by atoms with Crippen LogP contribution >= 0.6 is 27.7 Å². The molecule has 0 fully saturated rings.